The van der Waals surface area contributed by atoms with Crippen LogP contribution in [0, 0.1) is 5.92 Å². The Morgan fingerprint density at radius 1 is 1.05 bits per heavy atom. The van der Waals surface area contributed by atoms with E-state index in [0.717, 1.165) is 11.1 Å². The molecule has 1 aromatic rings. The molecule has 3 nitrogen and oxygen atoms in total. The molecule has 3 heteroatoms. The van der Waals surface area contributed by atoms with Crippen LogP contribution >= 0.6 is 0 Å². The second-order valence-electron chi connectivity index (χ2n) is 5.46. The highest BCUT2D eigenvalue weighted by Gasteiger charge is 2.14. The first-order chi connectivity index (χ1) is 8.82. The minimum Gasteiger partial charge on any atom is -0.336 e. The second kappa shape index (κ2) is 6.50. The lowest BCUT2D eigenvalue weighted by Crippen LogP contribution is -2.34. The van der Waals surface area contributed by atoms with Gasteiger partial charge in [-0.1, -0.05) is 38.1 Å². The van der Waals surface area contributed by atoms with Crippen molar-refractivity contribution in [3.05, 3.63) is 35.4 Å². The average molecular weight is 261 g/mol. The third kappa shape index (κ3) is 4.19. The van der Waals surface area contributed by atoms with E-state index in [-0.39, 0.29) is 23.7 Å². The zero-order valence-electron chi connectivity index (χ0n) is 12.4. The molecule has 0 aliphatic rings. The number of Topliss-reactive ketones (excluding diaryl/α,β-unsaturated/α-hetero) is 1. The number of carbonyl (C=O) groups is 2. The Morgan fingerprint density at radius 2 is 1.58 bits per heavy atom. The lowest BCUT2D eigenvalue weighted by atomic mass is 10.00. The summed E-state index contributed by atoms with van der Waals surface area (Å²) in [4.78, 5) is 25.2. The van der Waals surface area contributed by atoms with Crippen molar-refractivity contribution in [2.45, 2.75) is 47.2 Å². The van der Waals surface area contributed by atoms with Gasteiger partial charge in [-0.15, -0.1) is 0 Å². The van der Waals surface area contributed by atoms with Gasteiger partial charge in [0.2, 0.25) is 5.91 Å². The van der Waals surface area contributed by atoms with Gasteiger partial charge in [-0.2, -0.15) is 0 Å². The van der Waals surface area contributed by atoms with Gasteiger partial charge >= 0.3 is 0 Å². The summed E-state index contributed by atoms with van der Waals surface area (Å²) in [5.74, 6) is 0.228. The highest BCUT2D eigenvalue weighted by molar-refractivity contribution is 5.97. The van der Waals surface area contributed by atoms with Gasteiger partial charge in [-0.25, -0.2) is 0 Å². The van der Waals surface area contributed by atoms with Gasteiger partial charge in [-0.05, 0) is 19.4 Å². The van der Waals surface area contributed by atoms with Crippen LogP contribution in [0.15, 0.2) is 24.3 Å². The molecule has 0 saturated heterocycles. The van der Waals surface area contributed by atoms with Crippen LogP contribution in [0.2, 0.25) is 0 Å². The van der Waals surface area contributed by atoms with E-state index in [2.05, 4.69) is 0 Å². The number of carbonyl (C=O) groups excluding carboxylic acids is 2. The topological polar surface area (TPSA) is 37.4 Å². The molecule has 0 atom stereocenters. The standard InChI is InChI=1S/C16H23NO2/c1-11(2)16(19)15-8-6-14(7-9-15)10-17(12(3)4)13(5)18/h6-9,11-12H,10H2,1-5H3. The molecule has 0 saturated carbocycles. The number of rotatable bonds is 5. The molecule has 1 aromatic carbocycles. The SMILES string of the molecule is CC(=O)N(Cc1ccc(C(=O)C(C)C)cc1)C(C)C. The Morgan fingerprint density at radius 3 is 1.95 bits per heavy atom. The molecule has 0 bridgehead atoms. The minimum atomic E-state index is 0.00947. The van der Waals surface area contributed by atoms with E-state index in [1.165, 1.54) is 0 Å². The zero-order valence-corrected chi connectivity index (χ0v) is 12.4. The minimum absolute atomic E-state index is 0.00947. The van der Waals surface area contributed by atoms with Crippen LogP contribution < -0.4 is 0 Å². The summed E-state index contributed by atoms with van der Waals surface area (Å²) in [7, 11) is 0. The molecule has 1 rings (SSSR count). The van der Waals surface area contributed by atoms with E-state index >= 15 is 0 Å². The summed E-state index contributed by atoms with van der Waals surface area (Å²) in [6.45, 7) is 9.95. The normalized spacial score (nSPS) is 10.9. The van der Waals surface area contributed by atoms with Crippen LogP contribution in [0.5, 0.6) is 0 Å². The Kier molecular flexibility index (Phi) is 5.28. The van der Waals surface area contributed by atoms with Gasteiger partial charge in [-0.3, -0.25) is 9.59 Å². The Labute approximate surface area is 115 Å². The smallest absolute Gasteiger partial charge is 0.219 e. The van der Waals surface area contributed by atoms with Gasteiger partial charge in [0.25, 0.3) is 0 Å². The fourth-order valence-electron chi connectivity index (χ4n) is 1.96. The van der Waals surface area contributed by atoms with Crippen LogP contribution in [0.1, 0.15) is 50.5 Å². The lowest BCUT2D eigenvalue weighted by molar-refractivity contribution is -0.131. The molecule has 0 spiro atoms. The number of hydrogen-bond donors (Lipinski definition) is 0. The van der Waals surface area contributed by atoms with Crippen molar-refractivity contribution in [3.63, 3.8) is 0 Å². The highest BCUT2D eigenvalue weighted by atomic mass is 16.2. The summed E-state index contributed by atoms with van der Waals surface area (Å²) in [5.41, 5.74) is 1.78. The van der Waals surface area contributed by atoms with E-state index < -0.39 is 0 Å². The Balaban J connectivity index is 2.82. The third-order valence-electron chi connectivity index (χ3n) is 3.14. The monoisotopic (exact) mass is 261 g/mol. The fraction of sp³-hybridized carbons (Fsp3) is 0.500. The quantitative estimate of drug-likeness (QED) is 0.763. The van der Waals surface area contributed by atoms with Crippen molar-refractivity contribution >= 4 is 11.7 Å². The van der Waals surface area contributed by atoms with Gasteiger partial charge in [0.05, 0.1) is 0 Å². The first kappa shape index (κ1) is 15.4. The van der Waals surface area contributed by atoms with Crippen LogP contribution in [0.25, 0.3) is 0 Å². The molecule has 0 fully saturated rings. The predicted molar refractivity (Wildman–Crippen MR) is 77.0 cm³/mol. The summed E-state index contributed by atoms with van der Waals surface area (Å²) in [6, 6.07) is 7.71. The van der Waals surface area contributed by atoms with E-state index in [4.69, 9.17) is 0 Å². The molecule has 0 N–H and O–H groups in total. The Bertz CT molecular complexity index is 446. The van der Waals surface area contributed by atoms with Crippen molar-refractivity contribution in [3.8, 4) is 0 Å². The fourth-order valence-corrected chi connectivity index (χ4v) is 1.96. The number of amides is 1. The van der Waals surface area contributed by atoms with Crippen molar-refractivity contribution in [2.75, 3.05) is 0 Å². The van der Waals surface area contributed by atoms with Gasteiger partial charge in [0.1, 0.15) is 0 Å². The van der Waals surface area contributed by atoms with Crippen LogP contribution in [-0.4, -0.2) is 22.6 Å². The average Bonchev–Trinajstić information content (AvgIpc) is 2.34. The lowest BCUT2D eigenvalue weighted by Gasteiger charge is -2.25. The van der Waals surface area contributed by atoms with E-state index in [9.17, 15) is 9.59 Å². The molecular weight excluding hydrogens is 238 g/mol. The van der Waals surface area contributed by atoms with Gasteiger partial charge < -0.3 is 4.90 Å². The summed E-state index contributed by atoms with van der Waals surface area (Å²) < 4.78 is 0. The van der Waals surface area contributed by atoms with Gasteiger partial charge in [0, 0.05) is 31.0 Å². The maximum atomic E-state index is 11.8. The number of ketones is 1. The van der Waals surface area contributed by atoms with Crippen LogP contribution in [-0.2, 0) is 11.3 Å². The maximum Gasteiger partial charge on any atom is 0.219 e. The summed E-state index contributed by atoms with van der Waals surface area (Å²) in [6.07, 6.45) is 0. The number of nitrogens with zero attached hydrogens (tertiary/aromatic N) is 1. The summed E-state index contributed by atoms with van der Waals surface area (Å²) in [5, 5.41) is 0. The number of hydrogen-bond acceptors (Lipinski definition) is 2. The molecule has 104 valence electrons. The van der Waals surface area contributed by atoms with Crippen LogP contribution in [0.3, 0.4) is 0 Å². The van der Waals surface area contributed by atoms with E-state index in [0.29, 0.717) is 6.54 Å². The largest absolute Gasteiger partial charge is 0.336 e. The molecule has 1 amide bonds. The second-order valence-corrected chi connectivity index (χ2v) is 5.46. The first-order valence-corrected chi connectivity index (χ1v) is 6.73. The molecule has 0 heterocycles. The van der Waals surface area contributed by atoms with E-state index in [1.54, 1.807) is 11.8 Å². The van der Waals surface area contributed by atoms with E-state index in [1.807, 2.05) is 52.0 Å². The first-order valence-electron chi connectivity index (χ1n) is 6.73. The molecule has 0 aliphatic carbocycles. The predicted octanol–water partition coefficient (Wildman–Crippen LogP) is 3.28. The molecular formula is C16H23NO2. The third-order valence-corrected chi connectivity index (χ3v) is 3.14. The molecule has 19 heavy (non-hydrogen) atoms. The highest BCUT2D eigenvalue weighted by Crippen LogP contribution is 2.13. The number of benzene rings is 1. The maximum absolute atomic E-state index is 11.8. The molecule has 0 aromatic heterocycles. The van der Waals surface area contributed by atoms with Crippen molar-refractivity contribution in [1.29, 1.82) is 0 Å². The molecule has 0 unspecified atom stereocenters. The molecule has 0 aliphatic heterocycles. The van der Waals surface area contributed by atoms with Crippen molar-refractivity contribution in [2.24, 2.45) is 5.92 Å². The van der Waals surface area contributed by atoms with Crippen molar-refractivity contribution in [1.82, 2.24) is 4.90 Å². The van der Waals surface area contributed by atoms with Crippen LogP contribution in [0.4, 0.5) is 0 Å². The van der Waals surface area contributed by atoms with Gasteiger partial charge in [0.15, 0.2) is 5.78 Å². The molecule has 0 radical (unpaired) electrons. The summed E-state index contributed by atoms with van der Waals surface area (Å²) >= 11 is 0. The zero-order chi connectivity index (χ0) is 14.6. The van der Waals surface area contributed by atoms with Crippen molar-refractivity contribution < 1.29 is 9.59 Å². The Hall–Kier alpha value is -1.64.